The lowest BCUT2D eigenvalue weighted by Crippen LogP contribution is -2.06. The molecule has 26 heavy (non-hydrogen) atoms. The minimum Gasteiger partial charge on any atom is -0.382 e. The van der Waals surface area contributed by atoms with E-state index < -0.39 is 0 Å². The van der Waals surface area contributed by atoms with Crippen LogP contribution in [-0.2, 0) is 6.42 Å². The van der Waals surface area contributed by atoms with Gasteiger partial charge in [-0.1, -0.05) is 6.07 Å². The number of halogens is 1. The second-order valence-electron chi connectivity index (χ2n) is 5.90. The highest BCUT2D eigenvalue weighted by Crippen LogP contribution is 2.21. The first-order valence-corrected chi connectivity index (χ1v) is 8.29. The number of nitrogens with zero attached hydrogens (tertiary/aromatic N) is 4. The monoisotopic (exact) mass is 350 g/mol. The number of nitrogen functional groups attached to an aromatic ring is 1. The maximum atomic E-state index is 13.1. The number of nitriles is 1. The number of rotatable bonds is 6. The van der Waals surface area contributed by atoms with Crippen molar-refractivity contribution in [1.29, 1.82) is 5.26 Å². The van der Waals surface area contributed by atoms with Gasteiger partial charge in [0.2, 0.25) is 0 Å². The highest BCUT2D eigenvalue weighted by Gasteiger charge is 2.16. The molecule has 6 nitrogen and oxygen atoms in total. The first kappa shape index (κ1) is 17.4. The molecule has 0 amide bonds. The molecule has 0 atom stereocenters. The number of nitrogens with one attached hydrogen (secondary N) is 1. The zero-order valence-corrected chi connectivity index (χ0v) is 14.4. The summed E-state index contributed by atoms with van der Waals surface area (Å²) in [6.45, 7) is 2.64. The van der Waals surface area contributed by atoms with Crippen LogP contribution in [0.2, 0.25) is 0 Å². The first-order valence-electron chi connectivity index (χ1n) is 8.29. The molecular weight excluding hydrogens is 331 g/mol. The summed E-state index contributed by atoms with van der Waals surface area (Å²) in [4.78, 5) is 4.38. The standard InChI is InChI=1S/C19H19FN6/c1-13-4-2-6-18(24-13)23-11-3-5-17-16(12-21)19(22)26(25-17)15-9-7-14(20)8-10-15/h2,4,6-10H,3,5,11,22H2,1H3,(H,23,24). The quantitative estimate of drug-likeness (QED) is 0.666. The van der Waals surface area contributed by atoms with E-state index >= 15 is 0 Å². The maximum Gasteiger partial charge on any atom is 0.145 e. The third-order valence-corrected chi connectivity index (χ3v) is 3.96. The van der Waals surface area contributed by atoms with E-state index in [0.29, 0.717) is 29.9 Å². The van der Waals surface area contributed by atoms with Crippen molar-refractivity contribution in [2.45, 2.75) is 19.8 Å². The van der Waals surface area contributed by atoms with Gasteiger partial charge in [0, 0.05) is 12.2 Å². The fourth-order valence-electron chi connectivity index (χ4n) is 2.67. The van der Waals surface area contributed by atoms with Crippen molar-refractivity contribution >= 4 is 11.6 Å². The average molecular weight is 350 g/mol. The second-order valence-corrected chi connectivity index (χ2v) is 5.90. The van der Waals surface area contributed by atoms with Crippen molar-refractivity contribution in [3.8, 4) is 11.8 Å². The third kappa shape index (κ3) is 3.81. The second kappa shape index (κ2) is 7.66. The van der Waals surface area contributed by atoms with Crippen LogP contribution in [-0.4, -0.2) is 21.3 Å². The van der Waals surface area contributed by atoms with Crippen LogP contribution in [0.15, 0.2) is 42.5 Å². The fraction of sp³-hybridized carbons (Fsp3) is 0.211. The Hall–Kier alpha value is -3.40. The van der Waals surface area contributed by atoms with Crippen LogP contribution in [0.5, 0.6) is 0 Å². The topological polar surface area (TPSA) is 92.5 Å². The smallest absolute Gasteiger partial charge is 0.145 e. The lowest BCUT2D eigenvalue weighted by molar-refractivity contribution is 0.627. The molecule has 2 heterocycles. The number of aryl methyl sites for hydroxylation is 2. The van der Waals surface area contributed by atoms with Gasteiger partial charge in [-0.15, -0.1) is 0 Å². The number of anilines is 2. The van der Waals surface area contributed by atoms with Gasteiger partial charge in [-0.2, -0.15) is 10.4 Å². The Morgan fingerprint density at radius 3 is 2.69 bits per heavy atom. The molecule has 0 saturated heterocycles. The van der Waals surface area contributed by atoms with Crippen molar-refractivity contribution < 1.29 is 4.39 Å². The van der Waals surface area contributed by atoms with E-state index in [4.69, 9.17) is 5.73 Å². The van der Waals surface area contributed by atoms with Gasteiger partial charge >= 0.3 is 0 Å². The molecule has 7 heteroatoms. The first-order chi connectivity index (χ1) is 12.6. The van der Waals surface area contributed by atoms with Gasteiger partial charge in [-0.05, 0) is 56.2 Å². The van der Waals surface area contributed by atoms with Gasteiger partial charge in [-0.3, -0.25) is 0 Å². The number of hydrogen-bond acceptors (Lipinski definition) is 5. The summed E-state index contributed by atoms with van der Waals surface area (Å²) in [6.07, 6.45) is 1.37. The van der Waals surface area contributed by atoms with Crippen LogP contribution in [0.1, 0.15) is 23.4 Å². The van der Waals surface area contributed by atoms with Crippen molar-refractivity contribution in [2.24, 2.45) is 0 Å². The van der Waals surface area contributed by atoms with Crippen LogP contribution in [0, 0.1) is 24.1 Å². The Morgan fingerprint density at radius 1 is 1.23 bits per heavy atom. The van der Waals surface area contributed by atoms with E-state index in [2.05, 4.69) is 21.5 Å². The molecule has 0 unspecified atom stereocenters. The highest BCUT2D eigenvalue weighted by molar-refractivity contribution is 5.56. The largest absolute Gasteiger partial charge is 0.382 e. The summed E-state index contributed by atoms with van der Waals surface area (Å²) >= 11 is 0. The van der Waals surface area contributed by atoms with Gasteiger partial charge in [0.05, 0.1) is 11.4 Å². The summed E-state index contributed by atoms with van der Waals surface area (Å²) in [7, 11) is 0. The summed E-state index contributed by atoms with van der Waals surface area (Å²) in [5.74, 6) is 0.750. The van der Waals surface area contributed by atoms with Crippen LogP contribution in [0.3, 0.4) is 0 Å². The number of benzene rings is 1. The van der Waals surface area contributed by atoms with Crippen LogP contribution < -0.4 is 11.1 Å². The van der Waals surface area contributed by atoms with Crippen molar-refractivity contribution in [3.05, 3.63) is 65.2 Å². The molecule has 0 aliphatic rings. The van der Waals surface area contributed by atoms with E-state index in [9.17, 15) is 9.65 Å². The number of nitrogens with two attached hydrogens (primary N) is 1. The minimum atomic E-state index is -0.337. The molecule has 3 aromatic rings. The molecule has 3 rings (SSSR count). The lowest BCUT2D eigenvalue weighted by Gasteiger charge is -2.05. The Bertz CT molecular complexity index is 940. The van der Waals surface area contributed by atoms with E-state index in [1.54, 1.807) is 12.1 Å². The van der Waals surface area contributed by atoms with Gasteiger partial charge < -0.3 is 11.1 Å². The molecule has 0 radical (unpaired) electrons. The predicted molar refractivity (Wildman–Crippen MR) is 98.4 cm³/mol. The molecule has 1 aromatic carbocycles. The molecular formula is C19H19FN6. The SMILES string of the molecule is Cc1cccc(NCCCc2nn(-c3ccc(F)cc3)c(N)c2C#N)n1. The molecule has 3 N–H and O–H groups in total. The van der Waals surface area contributed by atoms with Crippen molar-refractivity contribution in [3.63, 3.8) is 0 Å². The third-order valence-electron chi connectivity index (χ3n) is 3.96. The van der Waals surface area contributed by atoms with Crippen LogP contribution in [0.25, 0.3) is 5.69 Å². The van der Waals surface area contributed by atoms with E-state index in [0.717, 1.165) is 17.9 Å². The van der Waals surface area contributed by atoms with Gasteiger partial charge in [0.1, 0.15) is 29.1 Å². The molecule has 2 aromatic heterocycles. The molecule has 132 valence electrons. The van der Waals surface area contributed by atoms with Gasteiger partial charge in [0.15, 0.2) is 0 Å². The van der Waals surface area contributed by atoms with Crippen molar-refractivity contribution in [1.82, 2.24) is 14.8 Å². The summed E-state index contributed by atoms with van der Waals surface area (Å²) in [5.41, 5.74) is 8.62. The molecule has 0 aliphatic carbocycles. The van der Waals surface area contributed by atoms with Gasteiger partial charge in [0.25, 0.3) is 0 Å². The molecule has 0 spiro atoms. The summed E-state index contributed by atoms with van der Waals surface area (Å²) in [6, 6.07) is 13.7. The Kier molecular flexibility index (Phi) is 5.13. The maximum absolute atomic E-state index is 13.1. The van der Waals surface area contributed by atoms with E-state index in [-0.39, 0.29) is 11.6 Å². The summed E-state index contributed by atoms with van der Waals surface area (Å²) < 4.78 is 14.6. The predicted octanol–water partition coefficient (Wildman–Crippen LogP) is 3.21. The van der Waals surface area contributed by atoms with E-state index in [1.165, 1.54) is 16.8 Å². The lowest BCUT2D eigenvalue weighted by atomic mass is 10.1. The highest BCUT2D eigenvalue weighted by atomic mass is 19.1. The molecule has 0 aliphatic heterocycles. The van der Waals surface area contributed by atoms with Crippen LogP contribution in [0.4, 0.5) is 16.0 Å². The Morgan fingerprint density at radius 2 is 2.00 bits per heavy atom. The number of aromatic nitrogens is 3. The zero-order valence-electron chi connectivity index (χ0n) is 14.4. The normalized spacial score (nSPS) is 10.5. The Balaban J connectivity index is 1.69. The van der Waals surface area contributed by atoms with E-state index in [1.807, 2.05) is 25.1 Å². The van der Waals surface area contributed by atoms with Gasteiger partial charge in [-0.25, -0.2) is 14.1 Å². The number of pyridine rings is 1. The van der Waals surface area contributed by atoms with Crippen molar-refractivity contribution in [2.75, 3.05) is 17.6 Å². The Labute approximate surface area is 151 Å². The molecule has 0 saturated carbocycles. The molecule has 0 bridgehead atoms. The average Bonchev–Trinajstić information content (AvgIpc) is 2.95. The zero-order chi connectivity index (χ0) is 18.5. The number of hydrogen-bond donors (Lipinski definition) is 2. The fourth-order valence-corrected chi connectivity index (χ4v) is 2.67. The van der Waals surface area contributed by atoms with Crippen LogP contribution >= 0.6 is 0 Å². The minimum absolute atomic E-state index is 0.266. The summed E-state index contributed by atoms with van der Waals surface area (Å²) in [5, 5.41) is 17.1. The molecule has 0 fully saturated rings.